The Morgan fingerprint density at radius 3 is 2.55 bits per heavy atom. The number of benzene rings is 1. The zero-order valence-electron chi connectivity index (χ0n) is 23.7. The van der Waals surface area contributed by atoms with Gasteiger partial charge >= 0.3 is 6.18 Å². The highest BCUT2D eigenvalue weighted by Crippen LogP contribution is 2.38. The summed E-state index contributed by atoms with van der Waals surface area (Å²) in [4.78, 5) is 26.5. The summed E-state index contributed by atoms with van der Waals surface area (Å²) in [5.74, 6) is 0.0662. The standard InChI is InChI=1S/C26H33F3N8O4S/c1-16-13-35(8-9-36(16)17(2)26(27,28)29)21-11-19(42(39,40)33-25(3)6-7-25)10-20-22(21)31-24(32-41-5)37(23(20)38)15-18-12-30-34(4)14-18/h10-12,14,16,33H,2,6-9,13,15H2,1,3-5H3,(H,31,32)/t16-/m1/s1. The molecule has 1 atom stereocenters. The number of rotatable bonds is 9. The SMILES string of the molecule is C=C(N1CCN(c2cc(S(=O)(=O)NC3(C)CC3)cc3c(=O)n(Cc4cnn(C)c4)c(NOC)nc23)C[C@H]1C)C(F)(F)F. The Morgan fingerprint density at radius 1 is 1.26 bits per heavy atom. The Balaban J connectivity index is 1.65. The van der Waals surface area contributed by atoms with Gasteiger partial charge in [0, 0.05) is 50.0 Å². The molecular formula is C26H33F3N8O4S. The molecule has 12 nitrogen and oxygen atoms in total. The smallest absolute Gasteiger partial charge is 0.366 e. The third-order valence-corrected chi connectivity index (χ3v) is 9.26. The van der Waals surface area contributed by atoms with Gasteiger partial charge < -0.3 is 9.80 Å². The Labute approximate surface area is 240 Å². The number of anilines is 2. The molecule has 228 valence electrons. The van der Waals surface area contributed by atoms with Crippen molar-refractivity contribution in [2.75, 3.05) is 37.1 Å². The monoisotopic (exact) mass is 610 g/mol. The second-order valence-electron chi connectivity index (χ2n) is 11.1. The number of halogens is 3. The summed E-state index contributed by atoms with van der Waals surface area (Å²) in [6.07, 6.45) is 0.107. The predicted molar refractivity (Wildman–Crippen MR) is 150 cm³/mol. The largest absolute Gasteiger partial charge is 0.430 e. The zero-order valence-corrected chi connectivity index (χ0v) is 24.5. The maximum atomic E-state index is 14.0. The van der Waals surface area contributed by atoms with E-state index in [1.165, 1.54) is 28.7 Å². The number of hydrogen-bond donors (Lipinski definition) is 2. The fourth-order valence-corrected chi connectivity index (χ4v) is 6.65. The summed E-state index contributed by atoms with van der Waals surface area (Å²) in [6.45, 7) is 6.93. The topological polar surface area (TPSA) is 127 Å². The Morgan fingerprint density at radius 2 is 1.98 bits per heavy atom. The molecule has 2 N–H and O–H groups in total. The lowest BCUT2D eigenvalue weighted by molar-refractivity contribution is -0.114. The van der Waals surface area contributed by atoms with Gasteiger partial charge in [-0.05, 0) is 38.8 Å². The molecule has 2 aliphatic rings. The van der Waals surface area contributed by atoms with Crippen LogP contribution < -0.4 is 20.7 Å². The lowest BCUT2D eigenvalue weighted by Crippen LogP contribution is -2.53. The summed E-state index contributed by atoms with van der Waals surface area (Å²) in [5, 5.41) is 4.17. The minimum atomic E-state index is -4.58. The molecule has 0 amide bonds. The van der Waals surface area contributed by atoms with Crippen molar-refractivity contribution in [3.63, 3.8) is 0 Å². The first-order valence-corrected chi connectivity index (χ1v) is 14.8. The molecule has 1 aromatic carbocycles. The Hall–Kier alpha value is -3.63. The van der Waals surface area contributed by atoms with E-state index in [0.717, 1.165) is 0 Å². The fourth-order valence-electron chi connectivity index (χ4n) is 5.14. The highest BCUT2D eigenvalue weighted by atomic mass is 32.2. The number of aromatic nitrogens is 4. The number of sulfonamides is 1. The maximum absolute atomic E-state index is 14.0. The number of nitrogens with zero attached hydrogens (tertiary/aromatic N) is 6. The van der Waals surface area contributed by atoms with Gasteiger partial charge in [0.2, 0.25) is 16.0 Å². The normalized spacial score (nSPS) is 18.9. The van der Waals surface area contributed by atoms with Crippen LogP contribution in [0, 0.1) is 0 Å². The summed E-state index contributed by atoms with van der Waals surface area (Å²) < 4.78 is 72.8. The van der Waals surface area contributed by atoms with Crippen molar-refractivity contribution in [1.82, 2.24) is 29.0 Å². The van der Waals surface area contributed by atoms with E-state index in [2.05, 4.69) is 26.9 Å². The van der Waals surface area contributed by atoms with E-state index in [1.54, 1.807) is 42.9 Å². The molecule has 1 aliphatic carbocycles. The van der Waals surface area contributed by atoms with E-state index in [9.17, 15) is 26.4 Å². The van der Waals surface area contributed by atoms with Crippen LogP contribution in [0.1, 0.15) is 32.3 Å². The van der Waals surface area contributed by atoms with Gasteiger partial charge in [-0.2, -0.15) is 18.3 Å². The molecule has 0 spiro atoms. The molecule has 16 heteroatoms. The van der Waals surface area contributed by atoms with Crippen molar-refractivity contribution in [3.8, 4) is 0 Å². The highest BCUT2D eigenvalue weighted by molar-refractivity contribution is 7.89. The number of nitrogens with one attached hydrogen (secondary N) is 2. The van der Waals surface area contributed by atoms with Crippen LogP contribution in [0.2, 0.25) is 0 Å². The van der Waals surface area contributed by atoms with Crippen LogP contribution in [0.5, 0.6) is 0 Å². The summed E-state index contributed by atoms with van der Waals surface area (Å²) in [5.41, 5.74) is 1.77. The van der Waals surface area contributed by atoms with Gasteiger partial charge in [-0.25, -0.2) is 23.6 Å². The Bertz CT molecular complexity index is 1700. The third kappa shape index (κ3) is 5.83. The molecular weight excluding hydrogens is 577 g/mol. The summed E-state index contributed by atoms with van der Waals surface area (Å²) >= 11 is 0. The van der Waals surface area contributed by atoms with Crippen molar-refractivity contribution in [1.29, 1.82) is 0 Å². The van der Waals surface area contributed by atoms with Crippen LogP contribution in [-0.4, -0.2) is 77.2 Å². The third-order valence-electron chi connectivity index (χ3n) is 7.64. The van der Waals surface area contributed by atoms with Crippen LogP contribution >= 0.6 is 0 Å². The van der Waals surface area contributed by atoms with Gasteiger partial charge in [-0.15, -0.1) is 0 Å². The number of hydrogen-bond acceptors (Lipinski definition) is 9. The van der Waals surface area contributed by atoms with Crippen molar-refractivity contribution in [2.24, 2.45) is 7.05 Å². The molecule has 1 saturated carbocycles. The minimum Gasteiger partial charge on any atom is -0.366 e. The second-order valence-corrected chi connectivity index (χ2v) is 12.8. The van der Waals surface area contributed by atoms with Crippen LogP contribution in [0.3, 0.4) is 0 Å². The van der Waals surface area contributed by atoms with Crippen molar-refractivity contribution in [3.05, 3.63) is 52.7 Å². The first-order valence-electron chi connectivity index (χ1n) is 13.3. The van der Waals surface area contributed by atoms with E-state index in [0.29, 0.717) is 24.1 Å². The quantitative estimate of drug-likeness (QED) is 0.352. The van der Waals surface area contributed by atoms with Crippen LogP contribution in [0.25, 0.3) is 10.9 Å². The summed E-state index contributed by atoms with van der Waals surface area (Å²) in [6, 6.07) is 2.10. The lowest BCUT2D eigenvalue weighted by atomic mass is 10.1. The molecule has 2 aromatic heterocycles. The van der Waals surface area contributed by atoms with Crippen molar-refractivity contribution < 1.29 is 26.4 Å². The lowest BCUT2D eigenvalue weighted by Gasteiger charge is -2.43. The molecule has 5 rings (SSSR count). The van der Waals surface area contributed by atoms with E-state index >= 15 is 0 Å². The van der Waals surface area contributed by atoms with Crippen molar-refractivity contribution in [2.45, 2.75) is 55.9 Å². The molecule has 1 saturated heterocycles. The van der Waals surface area contributed by atoms with Gasteiger partial charge in [0.05, 0.1) is 35.8 Å². The zero-order chi connectivity index (χ0) is 30.6. The first-order chi connectivity index (χ1) is 19.6. The van der Waals surface area contributed by atoms with Gasteiger partial charge in [0.15, 0.2) is 0 Å². The van der Waals surface area contributed by atoms with Gasteiger partial charge in [0.25, 0.3) is 5.56 Å². The van der Waals surface area contributed by atoms with Crippen LogP contribution in [0.4, 0.5) is 24.8 Å². The molecule has 42 heavy (non-hydrogen) atoms. The maximum Gasteiger partial charge on any atom is 0.430 e. The van der Waals surface area contributed by atoms with Crippen LogP contribution in [-0.2, 0) is 28.5 Å². The first kappa shape index (κ1) is 29.8. The molecule has 0 unspecified atom stereocenters. The van der Waals surface area contributed by atoms with Crippen LogP contribution in [0.15, 0.2) is 46.5 Å². The molecule has 3 aromatic rings. The van der Waals surface area contributed by atoms with E-state index in [1.807, 2.05) is 0 Å². The molecule has 2 fully saturated rings. The van der Waals surface area contributed by atoms with Gasteiger partial charge in [-0.3, -0.25) is 18.9 Å². The minimum absolute atomic E-state index is 0.0183. The van der Waals surface area contributed by atoms with E-state index in [-0.39, 0.29) is 47.9 Å². The average molecular weight is 611 g/mol. The number of fused-ring (bicyclic) bond motifs is 1. The number of aryl methyl sites for hydroxylation is 1. The van der Waals surface area contributed by atoms with Gasteiger partial charge in [0.1, 0.15) is 11.2 Å². The molecule has 0 radical (unpaired) electrons. The predicted octanol–water partition coefficient (Wildman–Crippen LogP) is 2.57. The van der Waals surface area contributed by atoms with Gasteiger partial charge in [-0.1, -0.05) is 6.58 Å². The summed E-state index contributed by atoms with van der Waals surface area (Å²) in [7, 11) is -0.952. The van der Waals surface area contributed by atoms with E-state index < -0.39 is 39.0 Å². The molecule has 0 bridgehead atoms. The fraction of sp³-hybridized carbons (Fsp3) is 0.500. The number of allylic oxidation sites excluding steroid dienone is 1. The highest BCUT2D eigenvalue weighted by Gasteiger charge is 2.42. The average Bonchev–Trinajstić information content (AvgIpc) is 3.47. The number of alkyl halides is 3. The molecule has 3 heterocycles. The molecule has 1 aliphatic heterocycles. The van der Waals surface area contributed by atoms with E-state index in [4.69, 9.17) is 4.84 Å². The van der Waals surface area contributed by atoms with Crippen molar-refractivity contribution >= 4 is 32.6 Å². The number of piperazine rings is 1. The second kappa shape index (κ2) is 10.6. The Kier molecular flexibility index (Phi) is 7.52.